The van der Waals surface area contributed by atoms with Crippen LogP contribution >= 0.6 is 0 Å². The number of allylic oxidation sites excluding steroid dienone is 4. The molecule has 0 aliphatic heterocycles. The van der Waals surface area contributed by atoms with Gasteiger partial charge in [-0.3, -0.25) is 9.59 Å². The molecule has 0 bridgehead atoms. The summed E-state index contributed by atoms with van der Waals surface area (Å²) >= 11 is 0. The van der Waals surface area contributed by atoms with Crippen molar-refractivity contribution in [1.82, 2.24) is 5.32 Å². The molecule has 0 fully saturated rings. The molecule has 0 aromatic heterocycles. The Labute approximate surface area is 520 Å². The van der Waals surface area contributed by atoms with Crippen LogP contribution in [-0.2, 0) is 14.3 Å². The van der Waals surface area contributed by atoms with Crippen LogP contribution in [0.25, 0.3) is 0 Å². The maximum absolute atomic E-state index is 12.6. The predicted molar refractivity (Wildman–Crippen MR) is 366 cm³/mol. The Morgan fingerprint density at radius 1 is 0.337 bits per heavy atom. The van der Waals surface area contributed by atoms with Gasteiger partial charge in [-0.1, -0.05) is 385 Å². The van der Waals surface area contributed by atoms with Crippen LogP contribution in [-0.4, -0.2) is 47.4 Å². The average molecular weight is 1170 g/mol. The van der Waals surface area contributed by atoms with E-state index in [0.717, 1.165) is 51.4 Å². The van der Waals surface area contributed by atoms with Crippen molar-refractivity contribution in [3.05, 3.63) is 24.3 Å². The molecule has 0 saturated carbocycles. The van der Waals surface area contributed by atoms with Crippen LogP contribution in [0.15, 0.2) is 24.3 Å². The van der Waals surface area contributed by atoms with E-state index in [1.807, 2.05) is 0 Å². The molecular weight excluding hydrogens is 1020 g/mol. The minimum Gasteiger partial charge on any atom is -0.466 e. The zero-order valence-corrected chi connectivity index (χ0v) is 56.5. The maximum Gasteiger partial charge on any atom is 0.305 e. The van der Waals surface area contributed by atoms with E-state index in [9.17, 15) is 19.8 Å². The number of esters is 1. The molecule has 0 radical (unpaired) electrons. The highest BCUT2D eigenvalue weighted by molar-refractivity contribution is 5.76. The molecule has 0 aliphatic rings. The molecule has 1 amide bonds. The van der Waals surface area contributed by atoms with Crippen molar-refractivity contribution in [2.24, 2.45) is 0 Å². The topological polar surface area (TPSA) is 95.9 Å². The van der Waals surface area contributed by atoms with E-state index < -0.39 is 12.1 Å². The molecule has 0 rings (SSSR count). The van der Waals surface area contributed by atoms with Crippen LogP contribution < -0.4 is 5.32 Å². The van der Waals surface area contributed by atoms with Gasteiger partial charge in [-0.15, -0.1) is 0 Å². The van der Waals surface area contributed by atoms with Crippen molar-refractivity contribution < 1.29 is 24.5 Å². The van der Waals surface area contributed by atoms with Gasteiger partial charge in [0.2, 0.25) is 5.91 Å². The summed E-state index contributed by atoms with van der Waals surface area (Å²) in [6.45, 7) is 4.98. The zero-order valence-electron chi connectivity index (χ0n) is 56.5. The SMILES string of the molecule is CCCCCC/C=C\C/C=C\CCCCCCCC(=O)OCCCCCCCCCCCCCCCCCCCCCCCCCCCCC(=O)NC(CO)C(O)CCCCCCCCCCCCCCCCCCCCCCCCCC. The lowest BCUT2D eigenvalue weighted by Crippen LogP contribution is -2.45. The highest BCUT2D eigenvalue weighted by atomic mass is 16.5. The summed E-state index contributed by atoms with van der Waals surface area (Å²) in [6.07, 6.45) is 92.5. The number of hydrogen-bond acceptors (Lipinski definition) is 5. The van der Waals surface area contributed by atoms with Crippen LogP contribution in [0.2, 0.25) is 0 Å². The first kappa shape index (κ1) is 81.3. The number of carbonyl (C=O) groups is 2. The number of aliphatic hydroxyl groups is 2. The molecule has 0 aliphatic carbocycles. The maximum atomic E-state index is 12.6. The Kier molecular flexibility index (Phi) is 71.4. The highest BCUT2D eigenvalue weighted by Crippen LogP contribution is 2.20. The fourth-order valence-electron chi connectivity index (χ4n) is 12.2. The van der Waals surface area contributed by atoms with E-state index in [2.05, 4.69) is 43.5 Å². The molecule has 6 nitrogen and oxygen atoms in total. The van der Waals surface area contributed by atoms with E-state index in [1.54, 1.807) is 0 Å². The molecule has 492 valence electrons. The van der Waals surface area contributed by atoms with Crippen LogP contribution in [0.3, 0.4) is 0 Å². The smallest absolute Gasteiger partial charge is 0.305 e. The first-order valence-corrected chi connectivity index (χ1v) is 38.1. The normalized spacial score (nSPS) is 12.6. The van der Waals surface area contributed by atoms with Crippen LogP contribution in [0, 0.1) is 0 Å². The third kappa shape index (κ3) is 69.3. The van der Waals surface area contributed by atoms with E-state index in [1.165, 1.54) is 347 Å². The minimum atomic E-state index is -0.664. The number of aliphatic hydroxyl groups excluding tert-OH is 2. The summed E-state index contributed by atoms with van der Waals surface area (Å²) in [5.41, 5.74) is 0. The summed E-state index contributed by atoms with van der Waals surface area (Å²) in [5.74, 6) is -0.0225. The summed E-state index contributed by atoms with van der Waals surface area (Å²) in [5, 5.41) is 23.5. The fraction of sp³-hybridized carbons (Fsp3) is 0.922. The summed E-state index contributed by atoms with van der Waals surface area (Å²) in [4.78, 5) is 24.7. The number of amides is 1. The second kappa shape index (κ2) is 72.8. The van der Waals surface area contributed by atoms with E-state index in [0.29, 0.717) is 25.9 Å². The van der Waals surface area contributed by atoms with Gasteiger partial charge >= 0.3 is 5.97 Å². The summed E-state index contributed by atoms with van der Waals surface area (Å²) in [7, 11) is 0. The Bertz CT molecular complexity index is 1300. The molecule has 6 heteroatoms. The van der Waals surface area contributed by atoms with Gasteiger partial charge in [-0.05, 0) is 57.8 Å². The molecule has 2 unspecified atom stereocenters. The Morgan fingerprint density at radius 3 is 0.928 bits per heavy atom. The number of rotatable bonds is 72. The summed E-state index contributed by atoms with van der Waals surface area (Å²) < 4.78 is 5.49. The van der Waals surface area contributed by atoms with Crippen molar-refractivity contribution in [1.29, 1.82) is 0 Å². The van der Waals surface area contributed by atoms with Crippen LogP contribution in [0.4, 0.5) is 0 Å². The first-order chi connectivity index (χ1) is 41.0. The molecule has 2 atom stereocenters. The van der Waals surface area contributed by atoms with Crippen molar-refractivity contribution in [3.63, 3.8) is 0 Å². The molecule has 0 aromatic carbocycles. The van der Waals surface area contributed by atoms with Gasteiger partial charge in [0.05, 0.1) is 25.4 Å². The number of carbonyl (C=O) groups excluding carboxylic acids is 2. The van der Waals surface area contributed by atoms with Crippen molar-refractivity contribution in [2.45, 2.75) is 443 Å². The third-order valence-electron chi connectivity index (χ3n) is 18.0. The van der Waals surface area contributed by atoms with Gasteiger partial charge in [0.1, 0.15) is 0 Å². The predicted octanol–water partition coefficient (Wildman–Crippen LogP) is 24.9. The Morgan fingerprint density at radius 2 is 0.602 bits per heavy atom. The van der Waals surface area contributed by atoms with Gasteiger partial charge in [0, 0.05) is 12.8 Å². The lowest BCUT2D eigenvalue weighted by atomic mass is 10.0. The van der Waals surface area contributed by atoms with E-state index >= 15 is 0 Å². The van der Waals surface area contributed by atoms with Crippen LogP contribution in [0.5, 0.6) is 0 Å². The lowest BCUT2D eigenvalue weighted by Gasteiger charge is -2.22. The lowest BCUT2D eigenvalue weighted by molar-refractivity contribution is -0.143. The quantitative estimate of drug-likeness (QED) is 0.0320. The van der Waals surface area contributed by atoms with Crippen molar-refractivity contribution in [3.8, 4) is 0 Å². The molecule has 0 spiro atoms. The zero-order chi connectivity index (χ0) is 59.9. The molecule has 3 N–H and O–H groups in total. The first-order valence-electron chi connectivity index (χ1n) is 38.1. The number of hydrogen-bond donors (Lipinski definition) is 3. The molecule has 0 heterocycles. The number of nitrogens with one attached hydrogen (secondary N) is 1. The largest absolute Gasteiger partial charge is 0.466 e. The Balaban J connectivity index is 3.36. The standard InChI is InChI=1S/C77H149NO5/c1-3-5-7-9-11-13-15-17-19-21-22-23-24-29-32-35-38-41-45-49-53-57-61-65-69-75(80)74(73-79)78-76(81)70-66-62-58-54-50-46-42-39-36-33-30-27-25-26-28-31-34-37-40-44-48-52-56-60-64-68-72-83-77(82)71-67-63-59-55-51-47-43-20-18-16-14-12-10-8-6-4-2/h14,16,20,43,74-75,79-80H,3-13,15,17-19,21-42,44-73H2,1-2H3,(H,78,81)/b16-14-,43-20-. The monoisotopic (exact) mass is 1170 g/mol. The Hall–Kier alpha value is -1.66. The minimum absolute atomic E-state index is 0.00489. The molecular formula is C77H149NO5. The van der Waals surface area contributed by atoms with Crippen LogP contribution in [0.1, 0.15) is 431 Å². The van der Waals surface area contributed by atoms with Gasteiger partial charge in [0.15, 0.2) is 0 Å². The second-order valence-electron chi connectivity index (χ2n) is 26.3. The van der Waals surface area contributed by atoms with Gasteiger partial charge in [-0.2, -0.15) is 0 Å². The number of ether oxygens (including phenoxy) is 1. The van der Waals surface area contributed by atoms with Gasteiger partial charge in [0.25, 0.3) is 0 Å². The van der Waals surface area contributed by atoms with E-state index in [4.69, 9.17) is 4.74 Å². The van der Waals surface area contributed by atoms with Crippen molar-refractivity contribution >= 4 is 11.9 Å². The number of unbranched alkanes of at least 4 members (excludes halogenated alkanes) is 57. The fourth-order valence-corrected chi connectivity index (χ4v) is 12.2. The van der Waals surface area contributed by atoms with Crippen molar-refractivity contribution in [2.75, 3.05) is 13.2 Å². The second-order valence-corrected chi connectivity index (χ2v) is 26.3. The van der Waals surface area contributed by atoms with Gasteiger partial charge in [-0.25, -0.2) is 0 Å². The molecule has 83 heavy (non-hydrogen) atoms. The molecule has 0 saturated heterocycles. The summed E-state index contributed by atoms with van der Waals surface area (Å²) in [6, 6.07) is -0.541. The average Bonchev–Trinajstić information content (AvgIpc) is 3.49. The highest BCUT2D eigenvalue weighted by Gasteiger charge is 2.20. The van der Waals surface area contributed by atoms with Gasteiger partial charge < -0.3 is 20.3 Å². The van der Waals surface area contributed by atoms with E-state index in [-0.39, 0.29) is 18.5 Å². The molecule has 0 aromatic rings. The third-order valence-corrected chi connectivity index (χ3v) is 18.0.